The Morgan fingerprint density at radius 3 is 2.88 bits per heavy atom. The van der Waals surface area contributed by atoms with E-state index >= 15 is 0 Å². The van der Waals surface area contributed by atoms with E-state index in [9.17, 15) is 4.79 Å². The van der Waals surface area contributed by atoms with Crippen molar-refractivity contribution in [2.75, 3.05) is 31.0 Å². The third kappa shape index (κ3) is 4.93. The quantitative estimate of drug-likeness (QED) is 0.647. The SMILES string of the molecule is COCCOc1ccc(Cl)cc1NC(=O)CBr. The summed E-state index contributed by atoms with van der Waals surface area (Å²) in [6.07, 6.45) is 0. The first-order chi connectivity index (χ1) is 8.17. The normalized spacial score (nSPS) is 10.1. The molecule has 0 bridgehead atoms. The summed E-state index contributed by atoms with van der Waals surface area (Å²) in [7, 11) is 1.60. The summed E-state index contributed by atoms with van der Waals surface area (Å²) >= 11 is 8.93. The van der Waals surface area contributed by atoms with Crippen molar-refractivity contribution >= 4 is 39.1 Å². The van der Waals surface area contributed by atoms with Crippen LogP contribution in [0.2, 0.25) is 5.02 Å². The second kappa shape index (κ2) is 7.53. The molecule has 0 saturated heterocycles. The van der Waals surface area contributed by atoms with E-state index in [4.69, 9.17) is 21.1 Å². The van der Waals surface area contributed by atoms with E-state index in [1.54, 1.807) is 25.3 Å². The lowest BCUT2D eigenvalue weighted by atomic mass is 10.3. The molecule has 1 aromatic carbocycles. The molecule has 0 aromatic heterocycles. The Hall–Kier alpha value is -0.780. The minimum Gasteiger partial charge on any atom is -0.489 e. The molecular weight excluding hydrogens is 309 g/mol. The fourth-order valence-corrected chi connectivity index (χ4v) is 1.46. The lowest BCUT2D eigenvalue weighted by Crippen LogP contribution is -2.14. The van der Waals surface area contributed by atoms with Gasteiger partial charge in [0.05, 0.1) is 17.6 Å². The largest absolute Gasteiger partial charge is 0.489 e. The number of amides is 1. The van der Waals surface area contributed by atoms with E-state index in [2.05, 4.69) is 21.2 Å². The Labute approximate surface area is 113 Å². The molecule has 1 amide bonds. The van der Waals surface area contributed by atoms with Crippen LogP contribution < -0.4 is 10.1 Å². The van der Waals surface area contributed by atoms with Crippen molar-refractivity contribution in [2.45, 2.75) is 0 Å². The summed E-state index contributed by atoms with van der Waals surface area (Å²) in [6, 6.07) is 5.06. The first-order valence-corrected chi connectivity index (χ1v) is 6.44. The van der Waals surface area contributed by atoms with Crippen LogP contribution in [0.4, 0.5) is 5.69 Å². The van der Waals surface area contributed by atoms with E-state index in [-0.39, 0.29) is 11.2 Å². The Morgan fingerprint density at radius 2 is 2.24 bits per heavy atom. The van der Waals surface area contributed by atoms with E-state index in [1.165, 1.54) is 0 Å². The summed E-state index contributed by atoms with van der Waals surface area (Å²) in [4.78, 5) is 11.3. The number of ether oxygens (including phenoxy) is 2. The van der Waals surface area contributed by atoms with Gasteiger partial charge in [-0.15, -0.1) is 0 Å². The van der Waals surface area contributed by atoms with Crippen molar-refractivity contribution in [3.05, 3.63) is 23.2 Å². The number of hydrogen-bond acceptors (Lipinski definition) is 3. The topological polar surface area (TPSA) is 47.6 Å². The van der Waals surface area contributed by atoms with Crippen LogP contribution in [-0.2, 0) is 9.53 Å². The van der Waals surface area contributed by atoms with Gasteiger partial charge in [0.25, 0.3) is 0 Å². The minimum absolute atomic E-state index is 0.163. The Morgan fingerprint density at radius 1 is 1.47 bits per heavy atom. The number of carbonyl (C=O) groups is 1. The van der Waals surface area contributed by atoms with Crippen LogP contribution in [0.1, 0.15) is 0 Å². The van der Waals surface area contributed by atoms with Gasteiger partial charge < -0.3 is 14.8 Å². The summed E-state index contributed by atoms with van der Waals surface area (Å²) in [6.45, 7) is 0.893. The molecular formula is C11H13BrClNO3. The molecule has 0 atom stereocenters. The van der Waals surface area contributed by atoms with Gasteiger partial charge in [-0.05, 0) is 18.2 Å². The first-order valence-electron chi connectivity index (χ1n) is 4.94. The number of nitrogens with one attached hydrogen (secondary N) is 1. The van der Waals surface area contributed by atoms with Crippen LogP contribution >= 0.6 is 27.5 Å². The number of alkyl halides is 1. The summed E-state index contributed by atoms with van der Waals surface area (Å²) < 4.78 is 10.3. The number of hydrogen-bond donors (Lipinski definition) is 1. The summed E-state index contributed by atoms with van der Waals surface area (Å²) in [5.41, 5.74) is 0.554. The van der Waals surface area contributed by atoms with Gasteiger partial charge in [-0.2, -0.15) is 0 Å². The van der Waals surface area contributed by atoms with Gasteiger partial charge in [0.1, 0.15) is 12.4 Å². The molecule has 0 unspecified atom stereocenters. The van der Waals surface area contributed by atoms with Crippen LogP contribution in [0.5, 0.6) is 5.75 Å². The lowest BCUT2D eigenvalue weighted by molar-refractivity contribution is -0.113. The summed E-state index contributed by atoms with van der Waals surface area (Å²) in [5, 5.41) is 3.45. The number of benzene rings is 1. The van der Waals surface area contributed by atoms with Crippen molar-refractivity contribution in [1.29, 1.82) is 0 Å². The van der Waals surface area contributed by atoms with E-state index in [1.807, 2.05) is 0 Å². The molecule has 0 fully saturated rings. The maximum absolute atomic E-state index is 11.3. The van der Waals surface area contributed by atoms with Crippen LogP contribution in [0, 0.1) is 0 Å². The molecule has 94 valence electrons. The standard InChI is InChI=1S/C11H13BrClNO3/c1-16-4-5-17-10-3-2-8(13)6-9(10)14-11(15)7-12/h2-3,6H,4-5,7H2,1H3,(H,14,15). The molecule has 4 nitrogen and oxygen atoms in total. The Balaban J connectivity index is 2.76. The fourth-order valence-electron chi connectivity index (χ4n) is 1.14. The third-order valence-corrected chi connectivity index (χ3v) is 2.63. The maximum Gasteiger partial charge on any atom is 0.235 e. The van der Waals surface area contributed by atoms with Crippen LogP contribution in [0.15, 0.2) is 18.2 Å². The van der Waals surface area contributed by atoms with Gasteiger partial charge in [-0.25, -0.2) is 0 Å². The average molecular weight is 323 g/mol. The molecule has 0 heterocycles. The second-order valence-corrected chi connectivity index (χ2v) is 4.16. The van der Waals surface area contributed by atoms with Crippen LogP contribution in [0.3, 0.4) is 0 Å². The van der Waals surface area contributed by atoms with Gasteiger partial charge in [0, 0.05) is 12.1 Å². The second-order valence-electron chi connectivity index (χ2n) is 3.16. The highest BCUT2D eigenvalue weighted by Gasteiger charge is 2.07. The molecule has 0 aliphatic rings. The average Bonchev–Trinajstić information content (AvgIpc) is 2.32. The number of carbonyl (C=O) groups excluding carboxylic acids is 1. The molecule has 1 aromatic rings. The zero-order valence-corrected chi connectivity index (χ0v) is 11.7. The van der Waals surface area contributed by atoms with Gasteiger partial charge in [-0.3, -0.25) is 4.79 Å². The number of anilines is 1. The predicted molar refractivity (Wildman–Crippen MR) is 71.2 cm³/mol. The van der Waals surface area contributed by atoms with Gasteiger partial charge in [-0.1, -0.05) is 27.5 Å². The zero-order chi connectivity index (χ0) is 12.7. The first kappa shape index (κ1) is 14.3. The smallest absolute Gasteiger partial charge is 0.235 e. The molecule has 17 heavy (non-hydrogen) atoms. The predicted octanol–water partition coefficient (Wildman–Crippen LogP) is 2.70. The zero-order valence-electron chi connectivity index (χ0n) is 9.33. The minimum atomic E-state index is -0.163. The molecule has 0 radical (unpaired) electrons. The van der Waals surface area contributed by atoms with Crippen molar-refractivity contribution < 1.29 is 14.3 Å². The Bertz CT molecular complexity index is 387. The van der Waals surface area contributed by atoms with E-state index in [0.717, 1.165) is 0 Å². The fraction of sp³-hybridized carbons (Fsp3) is 0.364. The highest BCUT2D eigenvalue weighted by Crippen LogP contribution is 2.28. The molecule has 0 aliphatic carbocycles. The molecule has 1 rings (SSSR count). The van der Waals surface area contributed by atoms with E-state index in [0.29, 0.717) is 29.7 Å². The van der Waals surface area contributed by atoms with Crippen molar-refractivity contribution in [3.8, 4) is 5.75 Å². The molecule has 6 heteroatoms. The number of halogens is 2. The highest BCUT2D eigenvalue weighted by atomic mass is 79.9. The number of methoxy groups -OCH3 is 1. The van der Waals surface area contributed by atoms with Crippen molar-refractivity contribution in [3.63, 3.8) is 0 Å². The summed E-state index contributed by atoms with van der Waals surface area (Å²) in [5.74, 6) is 0.407. The van der Waals surface area contributed by atoms with Crippen molar-refractivity contribution in [1.82, 2.24) is 0 Å². The molecule has 0 aliphatic heterocycles. The molecule has 1 N–H and O–H groups in total. The molecule has 0 saturated carbocycles. The highest BCUT2D eigenvalue weighted by molar-refractivity contribution is 9.09. The van der Waals surface area contributed by atoms with Gasteiger partial charge in [0.15, 0.2) is 0 Å². The third-order valence-electron chi connectivity index (χ3n) is 1.88. The number of rotatable bonds is 6. The van der Waals surface area contributed by atoms with Crippen molar-refractivity contribution in [2.24, 2.45) is 0 Å². The lowest BCUT2D eigenvalue weighted by Gasteiger charge is -2.12. The van der Waals surface area contributed by atoms with Gasteiger partial charge >= 0.3 is 0 Å². The van der Waals surface area contributed by atoms with Crippen LogP contribution in [-0.4, -0.2) is 31.6 Å². The van der Waals surface area contributed by atoms with E-state index < -0.39 is 0 Å². The van der Waals surface area contributed by atoms with Gasteiger partial charge in [0.2, 0.25) is 5.91 Å². The maximum atomic E-state index is 11.3. The Kier molecular flexibility index (Phi) is 6.32. The molecule has 0 spiro atoms. The monoisotopic (exact) mass is 321 g/mol. The van der Waals surface area contributed by atoms with Crippen LogP contribution in [0.25, 0.3) is 0 Å².